The highest BCUT2D eigenvalue weighted by atomic mass is 79.9. The maximum Gasteiger partial charge on any atom is 0.279 e. The van der Waals surface area contributed by atoms with Crippen LogP contribution < -0.4 is 4.72 Å². The van der Waals surface area contributed by atoms with Crippen molar-refractivity contribution in [2.45, 2.75) is 18.6 Å². The molecule has 0 amide bonds. The van der Waals surface area contributed by atoms with Gasteiger partial charge in [0.25, 0.3) is 10.0 Å². The van der Waals surface area contributed by atoms with E-state index < -0.39 is 10.0 Å². The van der Waals surface area contributed by atoms with Crippen LogP contribution >= 0.6 is 15.9 Å². The number of benzene rings is 1. The van der Waals surface area contributed by atoms with Gasteiger partial charge in [0, 0.05) is 10.7 Å². The topological polar surface area (TPSA) is 79.3 Å². The lowest BCUT2D eigenvalue weighted by Crippen LogP contribution is -2.15. The molecular formula is C13H13BrN2O3S. The summed E-state index contributed by atoms with van der Waals surface area (Å²) in [6.45, 7) is 1.74. The van der Waals surface area contributed by atoms with E-state index >= 15 is 0 Å². The van der Waals surface area contributed by atoms with E-state index in [1.165, 1.54) is 18.3 Å². The normalized spacial score (nSPS) is 11.3. The average molecular weight is 357 g/mol. The van der Waals surface area contributed by atoms with Crippen molar-refractivity contribution in [2.24, 2.45) is 0 Å². The van der Waals surface area contributed by atoms with Gasteiger partial charge in [-0.15, -0.1) is 0 Å². The predicted molar refractivity (Wildman–Crippen MR) is 79.8 cm³/mol. The summed E-state index contributed by atoms with van der Waals surface area (Å²) in [5.74, 6) is 0. The molecule has 20 heavy (non-hydrogen) atoms. The van der Waals surface area contributed by atoms with Crippen molar-refractivity contribution in [1.29, 1.82) is 0 Å². The minimum Gasteiger partial charge on any atom is -0.392 e. The van der Waals surface area contributed by atoms with Crippen LogP contribution in [-0.2, 0) is 16.6 Å². The Hall–Kier alpha value is -1.44. The second kappa shape index (κ2) is 5.90. The Kier molecular flexibility index (Phi) is 4.42. The lowest BCUT2D eigenvalue weighted by Gasteiger charge is -2.10. The highest BCUT2D eigenvalue weighted by Gasteiger charge is 2.17. The number of halogens is 1. The van der Waals surface area contributed by atoms with E-state index in [-0.39, 0.29) is 11.6 Å². The summed E-state index contributed by atoms with van der Waals surface area (Å²) in [7, 11) is -3.75. The number of sulfonamides is 1. The first-order chi connectivity index (χ1) is 9.42. The van der Waals surface area contributed by atoms with Crippen molar-refractivity contribution in [1.82, 2.24) is 4.98 Å². The maximum atomic E-state index is 12.2. The van der Waals surface area contributed by atoms with Crippen molar-refractivity contribution in [3.8, 4) is 0 Å². The van der Waals surface area contributed by atoms with Crippen LogP contribution in [0.4, 0.5) is 5.69 Å². The van der Waals surface area contributed by atoms with Crippen LogP contribution in [0, 0.1) is 6.92 Å². The molecule has 2 N–H and O–H groups in total. The molecule has 1 aromatic heterocycles. The zero-order valence-corrected chi connectivity index (χ0v) is 13.1. The molecule has 0 bridgehead atoms. The molecule has 0 aliphatic carbocycles. The van der Waals surface area contributed by atoms with Gasteiger partial charge in [0.05, 0.1) is 12.3 Å². The molecule has 0 fully saturated rings. The Balaban J connectivity index is 2.30. The SMILES string of the molecule is Cc1ccc(NS(=O)(=O)c2ccc(CO)cn2)c(Br)c1. The number of anilines is 1. The molecule has 5 nitrogen and oxygen atoms in total. The lowest BCUT2D eigenvalue weighted by atomic mass is 10.2. The van der Waals surface area contributed by atoms with E-state index in [0.29, 0.717) is 15.7 Å². The second-order valence-corrected chi connectivity index (χ2v) is 6.74. The van der Waals surface area contributed by atoms with Crippen LogP contribution in [0.25, 0.3) is 0 Å². The van der Waals surface area contributed by atoms with Crippen molar-refractivity contribution in [3.63, 3.8) is 0 Å². The van der Waals surface area contributed by atoms with Gasteiger partial charge in [-0.05, 0) is 52.2 Å². The number of aliphatic hydroxyl groups excluding tert-OH is 1. The van der Waals surface area contributed by atoms with Gasteiger partial charge in [0.15, 0.2) is 5.03 Å². The number of pyridine rings is 1. The summed E-state index contributed by atoms with van der Waals surface area (Å²) in [6.07, 6.45) is 1.33. The van der Waals surface area contributed by atoms with Crippen molar-refractivity contribution in [3.05, 3.63) is 52.1 Å². The van der Waals surface area contributed by atoms with Gasteiger partial charge < -0.3 is 5.11 Å². The number of hydrogen-bond donors (Lipinski definition) is 2. The number of aromatic nitrogens is 1. The molecule has 0 unspecified atom stereocenters. The average Bonchev–Trinajstić information content (AvgIpc) is 2.42. The zero-order valence-electron chi connectivity index (χ0n) is 10.7. The highest BCUT2D eigenvalue weighted by Crippen LogP contribution is 2.25. The van der Waals surface area contributed by atoms with Crippen LogP contribution in [0.5, 0.6) is 0 Å². The number of nitrogens with one attached hydrogen (secondary N) is 1. The summed E-state index contributed by atoms with van der Waals surface area (Å²) in [4.78, 5) is 3.84. The number of rotatable bonds is 4. The van der Waals surface area contributed by atoms with E-state index in [0.717, 1.165) is 5.56 Å². The molecule has 0 saturated heterocycles. The number of nitrogens with zero attached hydrogens (tertiary/aromatic N) is 1. The van der Waals surface area contributed by atoms with E-state index in [9.17, 15) is 8.42 Å². The number of aliphatic hydroxyl groups is 1. The first kappa shape index (κ1) is 15.0. The Morgan fingerprint density at radius 1 is 1.30 bits per heavy atom. The fourth-order valence-corrected chi connectivity index (χ4v) is 3.30. The first-order valence-electron chi connectivity index (χ1n) is 5.77. The Bertz CT molecular complexity index is 715. The van der Waals surface area contributed by atoms with Gasteiger partial charge in [0.1, 0.15) is 0 Å². The van der Waals surface area contributed by atoms with Crippen LogP contribution in [0.1, 0.15) is 11.1 Å². The van der Waals surface area contributed by atoms with Crippen LogP contribution in [0.3, 0.4) is 0 Å². The summed E-state index contributed by atoms with van der Waals surface area (Å²) in [6, 6.07) is 8.19. The fourth-order valence-electron chi connectivity index (χ4n) is 1.56. The van der Waals surface area contributed by atoms with Gasteiger partial charge in [-0.2, -0.15) is 8.42 Å². The number of hydrogen-bond acceptors (Lipinski definition) is 4. The summed E-state index contributed by atoms with van der Waals surface area (Å²) >= 11 is 3.31. The molecule has 0 aliphatic heterocycles. The third-order valence-electron chi connectivity index (χ3n) is 2.62. The van der Waals surface area contributed by atoms with Crippen molar-refractivity contribution in [2.75, 3.05) is 4.72 Å². The van der Waals surface area contributed by atoms with Crippen molar-refractivity contribution < 1.29 is 13.5 Å². The Labute approximate surface area is 125 Å². The predicted octanol–water partition coefficient (Wildman–Crippen LogP) is 2.45. The van der Waals surface area contributed by atoms with Crippen molar-refractivity contribution >= 4 is 31.6 Å². The molecule has 106 valence electrons. The van der Waals surface area contributed by atoms with Crippen LogP contribution in [-0.4, -0.2) is 18.5 Å². The molecule has 7 heteroatoms. The van der Waals surface area contributed by atoms with Gasteiger partial charge in [-0.25, -0.2) is 4.98 Å². The fraction of sp³-hybridized carbons (Fsp3) is 0.154. The minimum atomic E-state index is -3.75. The lowest BCUT2D eigenvalue weighted by molar-refractivity contribution is 0.281. The second-order valence-electron chi connectivity index (χ2n) is 4.25. The zero-order chi connectivity index (χ0) is 14.8. The molecule has 0 atom stereocenters. The standard InChI is InChI=1S/C13H13BrN2O3S/c1-9-2-4-12(11(14)6-9)16-20(18,19)13-5-3-10(8-17)7-15-13/h2-7,16-17H,8H2,1H3. The van der Waals surface area contributed by atoms with Gasteiger partial charge in [-0.3, -0.25) is 4.72 Å². The molecule has 0 saturated carbocycles. The first-order valence-corrected chi connectivity index (χ1v) is 8.05. The monoisotopic (exact) mass is 356 g/mol. The minimum absolute atomic E-state index is 0.0952. The third kappa shape index (κ3) is 3.36. The number of aryl methyl sites for hydroxylation is 1. The quantitative estimate of drug-likeness (QED) is 0.881. The molecule has 0 radical (unpaired) electrons. The van der Waals surface area contributed by atoms with E-state index in [4.69, 9.17) is 5.11 Å². The molecular weight excluding hydrogens is 344 g/mol. The molecule has 0 aliphatic rings. The molecule has 0 spiro atoms. The Morgan fingerprint density at radius 3 is 2.60 bits per heavy atom. The Morgan fingerprint density at radius 2 is 2.05 bits per heavy atom. The molecule has 2 rings (SSSR count). The van der Waals surface area contributed by atoms with E-state index in [2.05, 4.69) is 25.6 Å². The van der Waals surface area contributed by atoms with Crippen LogP contribution in [0.15, 0.2) is 46.0 Å². The smallest absolute Gasteiger partial charge is 0.279 e. The van der Waals surface area contributed by atoms with E-state index in [1.807, 2.05) is 19.1 Å². The maximum absolute atomic E-state index is 12.2. The molecule has 1 heterocycles. The van der Waals surface area contributed by atoms with E-state index in [1.54, 1.807) is 6.07 Å². The largest absolute Gasteiger partial charge is 0.392 e. The summed E-state index contributed by atoms with van der Waals surface area (Å²) in [5, 5.41) is 8.82. The van der Waals surface area contributed by atoms with Crippen LogP contribution in [0.2, 0.25) is 0 Å². The van der Waals surface area contributed by atoms with Gasteiger partial charge in [-0.1, -0.05) is 12.1 Å². The third-order valence-corrected chi connectivity index (χ3v) is 4.56. The highest BCUT2D eigenvalue weighted by molar-refractivity contribution is 9.10. The summed E-state index contributed by atoms with van der Waals surface area (Å²) < 4.78 is 27.5. The van der Waals surface area contributed by atoms with Gasteiger partial charge >= 0.3 is 0 Å². The van der Waals surface area contributed by atoms with Gasteiger partial charge in [0.2, 0.25) is 0 Å². The molecule has 2 aromatic rings. The molecule has 1 aromatic carbocycles. The summed E-state index contributed by atoms with van der Waals surface area (Å²) in [5.41, 5.74) is 2.02.